The number of hydrogen-bond acceptors (Lipinski definition) is 12. The lowest BCUT2D eigenvalue weighted by molar-refractivity contribution is 0.278. The van der Waals surface area contributed by atoms with Crippen molar-refractivity contribution < 1.29 is 15.1 Å². The van der Waals surface area contributed by atoms with E-state index < -0.39 is 7.32 Å². The Balaban J connectivity index is 0.000000229. The maximum absolute atomic E-state index is 7.17. The minimum absolute atomic E-state index is 1.40. The maximum Gasteiger partial charge on any atom is 0.631 e. The fraction of sp³-hybridized carbons (Fsp3) is 0. The van der Waals surface area contributed by atoms with Crippen molar-refractivity contribution in [3.8, 4) is 0 Å². The third-order valence-corrected chi connectivity index (χ3v) is 0.809. The van der Waals surface area contributed by atoms with Crippen molar-refractivity contribution in [2.45, 2.75) is 0 Å². The largest absolute Gasteiger partial charge is 0.631 e. The molecule has 3 rings (SSSR count). The molecule has 3 heterocycles. The third-order valence-electron chi connectivity index (χ3n) is 0.809. The lowest BCUT2D eigenvalue weighted by atomic mass is 10.3. The van der Waals surface area contributed by atoms with Crippen molar-refractivity contribution in [2.24, 2.45) is 0 Å². The second-order valence-corrected chi connectivity index (χ2v) is 2.04. The maximum atomic E-state index is 7.17. The fourth-order valence-corrected chi connectivity index (χ4v) is 0.387. The molecule has 0 saturated heterocycles. The molecule has 0 saturated carbocycles. The molecule has 0 aliphatic heterocycles. The van der Waals surface area contributed by atoms with E-state index in [1.54, 1.807) is 0 Å². The molecule has 0 atom stereocenters. The summed E-state index contributed by atoms with van der Waals surface area (Å²) < 4.78 is 0. The zero-order valence-electron chi connectivity index (χ0n) is 9.18. The van der Waals surface area contributed by atoms with Crippen LogP contribution in [0, 0.1) is 0 Å². The summed E-state index contributed by atoms with van der Waals surface area (Å²) in [7, 11) is -2.17. The minimum atomic E-state index is -2.17. The molecule has 102 valence electrons. The van der Waals surface area contributed by atoms with Crippen LogP contribution in [0.2, 0.25) is 0 Å². The van der Waals surface area contributed by atoms with Crippen molar-refractivity contribution in [3.05, 3.63) is 19.0 Å². The van der Waals surface area contributed by atoms with Crippen LogP contribution in [0.15, 0.2) is 19.0 Å². The average Bonchev–Trinajstić information content (AvgIpc) is 3.18. The smallest absolute Gasteiger partial charge is 0.402 e. The molecule has 16 heteroatoms. The second kappa shape index (κ2) is 13.2. The molecule has 0 bridgehead atoms. The first-order chi connectivity index (χ1) is 9.23. The Labute approximate surface area is 104 Å². The zero-order valence-corrected chi connectivity index (χ0v) is 9.18. The molecule has 0 unspecified atom stereocenters. The highest BCUT2D eigenvalue weighted by Crippen LogP contribution is 1.45. The Morgan fingerprint density at radius 2 is 0.895 bits per heavy atom. The number of rotatable bonds is 0. The summed E-state index contributed by atoms with van der Waals surface area (Å²) in [5.74, 6) is 0. The number of hydrogen-bond donors (Lipinski definition) is 6. The molecule has 0 amide bonds. The molecule has 0 fully saturated rings. The van der Waals surface area contributed by atoms with Gasteiger partial charge < -0.3 is 15.1 Å². The third kappa shape index (κ3) is 17.8. The number of nitrogens with one attached hydrogen (secondary N) is 3. The Hall–Kier alpha value is -2.85. The van der Waals surface area contributed by atoms with E-state index in [0.717, 1.165) is 0 Å². The van der Waals surface area contributed by atoms with Crippen LogP contribution in [-0.4, -0.2) is 84.3 Å². The van der Waals surface area contributed by atoms with Gasteiger partial charge in [0, 0.05) is 0 Å². The highest BCUT2D eigenvalue weighted by Gasteiger charge is 1.92. The van der Waals surface area contributed by atoms with Crippen LogP contribution >= 0.6 is 0 Å². The standard InChI is InChI=1S/3CH2N4.BH3O3/c3*1-2-4-5-3-1;2-1(3)4/h3*1H,(H,2,3,4,5);2-4H. The highest BCUT2D eigenvalue weighted by atomic mass is 16.5. The van der Waals surface area contributed by atoms with Crippen LogP contribution in [0.4, 0.5) is 0 Å². The normalized spacial score (nSPS) is 7.74. The summed E-state index contributed by atoms with van der Waals surface area (Å²) in [4.78, 5) is 0. The monoisotopic (exact) mass is 272 g/mol. The van der Waals surface area contributed by atoms with E-state index in [0.29, 0.717) is 0 Å². The van der Waals surface area contributed by atoms with Gasteiger partial charge in [-0.15, -0.1) is 15.3 Å². The summed E-state index contributed by atoms with van der Waals surface area (Å²) in [6.07, 6.45) is 4.21. The van der Waals surface area contributed by atoms with Gasteiger partial charge in [0.1, 0.15) is 19.0 Å². The molecule has 0 radical (unpaired) electrons. The van der Waals surface area contributed by atoms with Crippen LogP contribution in [0.3, 0.4) is 0 Å². The summed E-state index contributed by atoms with van der Waals surface area (Å²) in [5.41, 5.74) is 0. The summed E-state index contributed by atoms with van der Waals surface area (Å²) in [6.45, 7) is 0. The molecule has 0 aromatic carbocycles. The van der Waals surface area contributed by atoms with E-state index in [1.165, 1.54) is 19.0 Å². The quantitative estimate of drug-likeness (QED) is 0.213. The molecule has 15 nitrogen and oxygen atoms in total. The van der Waals surface area contributed by atoms with Gasteiger partial charge >= 0.3 is 7.32 Å². The van der Waals surface area contributed by atoms with Gasteiger partial charge in [-0.1, -0.05) is 0 Å². The molecule has 6 N–H and O–H groups in total. The van der Waals surface area contributed by atoms with Gasteiger partial charge in [-0.2, -0.15) is 0 Å². The zero-order chi connectivity index (χ0) is 14.2. The fourth-order valence-electron chi connectivity index (χ4n) is 0.387. The number of nitrogens with zero attached hydrogens (tertiary/aromatic N) is 9. The first kappa shape index (κ1) is 16.2. The lowest BCUT2D eigenvalue weighted by Crippen LogP contribution is -2.07. The van der Waals surface area contributed by atoms with Crippen LogP contribution < -0.4 is 0 Å². The molecular weight excluding hydrogens is 263 g/mol. The Morgan fingerprint density at radius 3 is 0.947 bits per heavy atom. The molecular formula is C3H9BN12O3. The van der Waals surface area contributed by atoms with Gasteiger partial charge in [-0.25, -0.2) is 15.3 Å². The second-order valence-electron chi connectivity index (χ2n) is 2.04. The topological polar surface area (TPSA) is 224 Å². The summed E-state index contributed by atoms with van der Waals surface area (Å²) in [6, 6.07) is 0. The van der Waals surface area contributed by atoms with Gasteiger partial charge in [0.05, 0.1) is 0 Å². The van der Waals surface area contributed by atoms with Crippen LogP contribution in [0.1, 0.15) is 0 Å². The van der Waals surface area contributed by atoms with E-state index >= 15 is 0 Å². The Bertz CT molecular complexity index is 296. The van der Waals surface area contributed by atoms with Crippen LogP contribution in [0.25, 0.3) is 0 Å². The predicted molar refractivity (Wildman–Crippen MR) is 54.9 cm³/mol. The average molecular weight is 272 g/mol. The molecule has 0 aliphatic rings. The van der Waals surface area contributed by atoms with Gasteiger partial charge in [0.15, 0.2) is 0 Å². The van der Waals surface area contributed by atoms with Crippen molar-refractivity contribution >= 4 is 7.32 Å². The van der Waals surface area contributed by atoms with E-state index in [2.05, 4.69) is 61.9 Å². The number of aromatic amines is 3. The van der Waals surface area contributed by atoms with Crippen molar-refractivity contribution in [2.75, 3.05) is 0 Å². The van der Waals surface area contributed by atoms with E-state index in [-0.39, 0.29) is 0 Å². The van der Waals surface area contributed by atoms with Gasteiger partial charge in [-0.05, 0) is 31.3 Å². The number of tetrazole rings is 3. The highest BCUT2D eigenvalue weighted by molar-refractivity contribution is 6.30. The Kier molecular flexibility index (Phi) is 11.2. The first-order valence-electron chi connectivity index (χ1n) is 4.29. The van der Waals surface area contributed by atoms with E-state index in [4.69, 9.17) is 15.1 Å². The van der Waals surface area contributed by atoms with Crippen LogP contribution in [-0.2, 0) is 0 Å². The molecule has 0 aliphatic carbocycles. The number of H-pyrrole nitrogens is 3. The summed E-state index contributed by atoms with van der Waals surface area (Å²) in [5, 5.41) is 57.8. The molecule has 3 aromatic heterocycles. The number of aromatic nitrogens is 12. The Morgan fingerprint density at radius 1 is 0.632 bits per heavy atom. The van der Waals surface area contributed by atoms with Crippen molar-refractivity contribution in [3.63, 3.8) is 0 Å². The molecule has 0 spiro atoms. The van der Waals surface area contributed by atoms with E-state index in [9.17, 15) is 0 Å². The van der Waals surface area contributed by atoms with Crippen molar-refractivity contribution in [1.82, 2.24) is 61.9 Å². The lowest BCUT2D eigenvalue weighted by Gasteiger charge is -1.69. The minimum Gasteiger partial charge on any atom is -0.402 e. The van der Waals surface area contributed by atoms with E-state index in [1.807, 2.05) is 0 Å². The molecule has 19 heavy (non-hydrogen) atoms. The molecule has 3 aromatic rings. The SMILES string of the molecule is OB(O)O.c1nnn[nH]1.c1nnn[nH]1.c1nnn[nH]1. The van der Waals surface area contributed by atoms with Crippen LogP contribution in [0.5, 0.6) is 0 Å². The van der Waals surface area contributed by atoms with Gasteiger partial charge in [-0.3, -0.25) is 0 Å². The summed E-state index contributed by atoms with van der Waals surface area (Å²) >= 11 is 0. The first-order valence-corrected chi connectivity index (χ1v) is 4.29. The van der Waals surface area contributed by atoms with Crippen molar-refractivity contribution in [1.29, 1.82) is 0 Å². The van der Waals surface area contributed by atoms with Gasteiger partial charge in [0.2, 0.25) is 0 Å². The van der Waals surface area contributed by atoms with Gasteiger partial charge in [0.25, 0.3) is 0 Å². The predicted octanol–water partition coefficient (Wildman–Crippen LogP) is -4.45.